The van der Waals surface area contributed by atoms with Crippen molar-refractivity contribution in [2.24, 2.45) is 0 Å². The van der Waals surface area contributed by atoms with Crippen molar-refractivity contribution in [3.8, 4) is 16.3 Å². The van der Waals surface area contributed by atoms with E-state index in [1.54, 1.807) is 11.3 Å². The SMILES string of the molecule is CCOc1csc(-c2cc(NCCc3c(F)ccc4ccccc34)ncn2)c1. The number of rotatable bonds is 7. The molecule has 0 fully saturated rings. The van der Waals surface area contributed by atoms with Crippen LogP contribution in [0.15, 0.2) is 60.2 Å². The number of hydrogen-bond acceptors (Lipinski definition) is 5. The van der Waals surface area contributed by atoms with Crippen molar-refractivity contribution < 1.29 is 9.13 Å². The molecule has 0 aliphatic heterocycles. The van der Waals surface area contributed by atoms with Crippen molar-refractivity contribution in [2.45, 2.75) is 13.3 Å². The lowest BCUT2D eigenvalue weighted by Gasteiger charge is -2.10. The van der Waals surface area contributed by atoms with Gasteiger partial charge in [0.05, 0.1) is 17.2 Å². The summed E-state index contributed by atoms with van der Waals surface area (Å²) in [5.74, 6) is 1.39. The van der Waals surface area contributed by atoms with Gasteiger partial charge < -0.3 is 10.1 Å². The van der Waals surface area contributed by atoms with Crippen LogP contribution < -0.4 is 10.1 Å². The predicted octanol–water partition coefficient (Wildman–Crippen LogP) is 5.55. The summed E-state index contributed by atoms with van der Waals surface area (Å²) in [6, 6.07) is 15.1. The lowest BCUT2D eigenvalue weighted by molar-refractivity contribution is 0.342. The quantitative estimate of drug-likeness (QED) is 0.447. The van der Waals surface area contributed by atoms with E-state index < -0.39 is 0 Å². The van der Waals surface area contributed by atoms with Crippen molar-refractivity contribution in [3.63, 3.8) is 0 Å². The van der Waals surface area contributed by atoms with Gasteiger partial charge in [0.1, 0.15) is 23.7 Å². The Bertz CT molecular complexity index is 1100. The fraction of sp³-hybridized carbons (Fsp3) is 0.182. The molecule has 28 heavy (non-hydrogen) atoms. The molecule has 6 heteroatoms. The minimum absolute atomic E-state index is 0.175. The van der Waals surface area contributed by atoms with Crippen molar-refractivity contribution in [2.75, 3.05) is 18.5 Å². The lowest BCUT2D eigenvalue weighted by atomic mass is 10.0. The van der Waals surface area contributed by atoms with Gasteiger partial charge in [-0.15, -0.1) is 11.3 Å². The van der Waals surface area contributed by atoms with Crippen molar-refractivity contribution in [3.05, 3.63) is 71.6 Å². The number of hydrogen-bond donors (Lipinski definition) is 1. The van der Waals surface area contributed by atoms with Crippen LogP contribution in [0.3, 0.4) is 0 Å². The summed E-state index contributed by atoms with van der Waals surface area (Å²) in [5.41, 5.74) is 1.56. The van der Waals surface area contributed by atoms with Crippen LogP contribution in [-0.4, -0.2) is 23.1 Å². The molecule has 0 saturated heterocycles. The van der Waals surface area contributed by atoms with E-state index in [1.165, 1.54) is 12.4 Å². The van der Waals surface area contributed by atoms with Gasteiger partial charge in [-0.1, -0.05) is 30.3 Å². The topological polar surface area (TPSA) is 47.0 Å². The second kappa shape index (κ2) is 8.35. The van der Waals surface area contributed by atoms with Crippen LogP contribution in [0.25, 0.3) is 21.3 Å². The van der Waals surface area contributed by atoms with Crippen LogP contribution in [0.2, 0.25) is 0 Å². The van der Waals surface area contributed by atoms with E-state index in [2.05, 4.69) is 15.3 Å². The second-order valence-electron chi connectivity index (χ2n) is 6.29. The van der Waals surface area contributed by atoms with Crippen LogP contribution in [0, 0.1) is 5.82 Å². The summed E-state index contributed by atoms with van der Waals surface area (Å²) in [6.07, 6.45) is 2.11. The fourth-order valence-corrected chi connectivity index (χ4v) is 3.96. The molecule has 0 amide bonds. The zero-order chi connectivity index (χ0) is 19.3. The first-order chi connectivity index (χ1) is 13.7. The minimum Gasteiger partial charge on any atom is -0.493 e. The molecule has 4 nitrogen and oxygen atoms in total. The fourth-order valence-electron chi connectivity index (χ4n) is 3.16. The number of nitrogens with one attached hydrogen (secondary N) is 1. The average molecular weight is 393 g/mol. The summed E-state index contributed by atoms with van der Waals surface area (Å²) >= 11 is 1.58. The number of aromatic nitrogens is 2. The third-order valence-corrected chi connectivity index (χ3v) is 5.40. The number of benzene rings is 2. The molecular formula is C22H20FN3OS. The first-order valence-corrected chi connectivity index (χ1v) is 10.1. The number of halogens is 1. The Morgan fingerprint density at radius 3 is 2.89 bits per heavy atom. The number of anilines is 1. The highest BCUT2D eigenvalue weighted by Crippen LogP contribution is 2.30. The van der Waals surface area contributed by atoms with E-state index >= 15 is 0 Å². The van der Waals surface area contributed by atoms with Crippen LogP contribution >= 0.6 is 11.3 Å². The summed E-state index contributed by atoms with van der Waals surface area (Å²) in [7, 11) is 0. The molecule has 2 heterocycles. The molecule has 0 aliphatic rings. The summed E-state index contributed by atoms with van der Waals surface area (Å²) in [4.78, 5) is 9.65. The Balaban J connectivity index is 1.47. The molecule has 4 aromatic rings. The van der Waals surface area contributed by atoms with Crippen molar-refractivity contribution >= 4 is 27.9 Å². The lowest BCUT2D eigenvalue weighted by Crippen LogP contribution is -2.08. The monoisotopic (exact) mass is 393 g/mol. The molecule has 0 aliphatic carbocycles. The minimum atomic E-state index is -0.175. The Labute approximate surface area is 167 Å². The summed E-state index contributed by atoms with van der Waals surface area (Å²) in [5, 5.41) is 7.25. The molecule has 0 bridgehead atoms. The van der Waals surface area contributed by atoms with Gasteiger partial charge in [-0.3, -0.25) is 0 Å². The summed E-state index contributed by atoms with van der Waals surface area (Å²) in [6.45, 7) is 3.18. The van der Waals surface area contributed by atoms with Gasteiger partial charge in [0.2, 0.25) is 0 Å². The zero-order valence-electron chi connectivity index (χ0n) is 15.5. The maximum absolute atomic E-state index is 14.3. The summed E-state index contributed by atoms with van der Waals surface area (Å²) < 4.78 is 19.8. The molecular weight excluding hydrogens is 373 g/mol. The molecule has 0 unspecified atom stereocenters. The Morgan fingerprint density at radius 2 is 2.00 bits per heavy atom. The standard InChI is InChI=1S/C22H20FN3OS/c1-2-27-16-11-21(28-13-16)20-12-22(26-14-25-20)24-10-9-18-17-6-4-3-5-15(17)7-8-19(18)23/h3-8,11-14H,2,9-10H2,1H3,(H,24,25,26). The molecule has 1 N–H and O–H groups in total. The smallest absolute Gasteiger partial charge is 0.130 e. The molecule has 0 spiro atoms. The highest BCUT2D eigenvalue weighted by atomic mass is 32.1. The van der Waals surface area contributed by atoms with Gasteiger partial charge in [-0.2, -0.15) is 0 Å². The highest BCUT2D eigenvalue weighted by Gasteiger charge is 2.09. The average Bonchev–Trinajstić information content (AvgIpc) is 3.19. The highest BCUT2D eigenvalue weighted by molar-refractivity contribution is 7.13. The maximum atomic E-state index is 14.3. The Hall–Kier alpha value is -2.99. The van der Waals surface area contributed by atoms with Gasteiger partial charge in [-0.05, 0) is 35.7 Å². The molecule has 0 radical (unpaired) electrons. The molecule has 2 aromatic heterocycles. The first-order valence-electron chi connectivity index (χ1n) is 9.18. The number of nitrogens with zero attached hydrogens (tertiary/aromatic N) is 2. The largest absolute Gasteiger partial charge is 0.493 e. The second-order valence-corrected chi connectivity index (χ2v) is 7.20. The number of ether oxygens (including phenoxy) is 1. The van der Waals surface area contributed by atoms with E-state index in [0.717, 1.165) is 38.5 Å². The number of fused-ring (bicyclic) bond motifs is 1. The number of thiophene rings is 1. The first kappa shape index (κ1) is 18.4. The van der Waals surface area contributed by atoms with E-state index in [4.69, 9.17) is 4.74 Å². The third-order valence-electron chi connectivity index (χ3n) is 4.47. The van der Waals surface area contributed by atoms with Crippen LogP contribution in [-0.2, 0) is 6.42 Å². The third kappa shape index (κ3) is 3.97. The van der Waals surface area contributed by atoms with Gasteiger partial charge >= 0.3 is 0 Å². The van der Waals surface area contributed by atoms with E-state index in [9.17, 15) is 4.39 Å². The molecule has 2 aromatic carbocycles. The predicted molar refractivity (Wildman–Crippen MR) is 113 cm³/mol. The molecule has 0 atom stereocenters. The maximum Gasteiger partial charge on any atom is 0.130 e. The van der Waals surface area contributed by atoms with Gasteiger partial charge in [-0.25, -0.2) is 14.4 Å². The molecule has 4 rings (SSSR count). The molecule has 142 valence electrons. The zero-order valence-corrected chi connectivity index (χ0v) is 16.3. The van der Waals surface area contributed by atoms with E-state index in [1.807, 2.05) is 54.8 Å². The van der Waals surface area contributed by atoms with E-state index in [-0.39, 0.29) is 5.82 Å². The van der Waals surface area contributed by atoms with Crippen molar-refractivity contribution in [1.82, 2.24) is 9.97 Å². The van der Waals surface area contributed by atoms with Crippen molar-refractivity contribution in [1.29, 1.82) is 0 Å². The van der Waals surface area contributed by atoms with Crippen LogP contribution in [0.1, 0.15) is 12.5 Å². The van der Waals surface area contributed by atoms with Crippen LogP contribution in [0.4, 0.5) is 10.2 Å². The van der Waals surface area contributed by atoms with Gasteiger partial charge in [0.25, 0.3) is 0 Å². The van der Waals surface area contributed by atoms with Gasteiger partial charge in [0, 0.05) is 24.1 Å². The molecule has 0 saturated carbocycles. The normalized spacial score (nSPS) is 10.9. The van der Waals surface area contributed by atoms with Gasteiger partial charge in [0.15, 0.2) is 0 Å². The Kier molecular flexibility index (Phi) is 5.48. The van der Waals surface area contributed by atoms with E-state index in [0.29, 0.717) is 19.6 Å². The van der Waals surface area contributed by atoms with Crippen LogP contribution in [0.5, 0.6) is 5.75 Å². The Morgan fingerprint density at radius 1 is 1.11 bits per heavy atom.